The molecule has 0 saturated carbocycles. The lowest BCUT2D eigenvalue weighted by atomic mass is 10.2. The number of methoxy groups -OCH3 is 1. The summed E-state index contributed by atoms with van der Waals surface area (Å²) in [5.41, 5.74) is 3.25. The van der Waals surface area contributed by atoms with Gasteiger partial charge in [-0.2, -0.15) is 5.01 Å². The molecule has 1 N–H and O–H groups in total. The Morgan fingerprint density at radius 2 is 1.97 bits per heavy atom. The zero-order valence-electron chi connectivity index (χ0n) is 15.0. The first-order valence-electron chi connectivity index (χ1n) is 8.16. The van der Waals surface area contributed by atoms with E-state index in [1.165, 1.54) is 6.07 Å². The number of hydrogen-bond acceptors (Lipinski definition) is 6. The van der Waals surface area contributed by atoms with Gasteiger partial charge in [0, 0.05) is 5.02 Å². The normalized spacial score (nSPS) is 15.0. The number of carbonyl (C=O) groups excluding carboxylic acids is 2. The van der Waals surface area contributed by atoms with Gasteiger partial charge in [-0.1, -0.05) is 47.1 Å². The first-order valence-corrected chi connectivity index (χ1v) is 10.1. The molecule has 0 unspecified atom stereocenters. The van der Waals surface area contributed by atoms with Crippen molar-refractivity contribution >= 4 is 69.4 Å². The Hall–Kier alpha value is -2.26. The highest BCUT2D eigenvalue weighted by molar-refractivity contribution is 8.26. The molecule has 1 aliphatic rings. The molecule has 1 saturated heterocycles. The minimum absolute atomic E-state index is 0.215. The van der Waals surface area contributed by atoms with Crippen LogP contribution in [0.25, 0.3) is 6.08 Å². The molecule has 3 rings (SSSR count). The minimum Gasteiger partial charge on any atom is -0.497 e. The number of rotatable bonds is 6. The molecule has 1 aliphatic heterocycles. The van der Waals surface area contributed by atoms with Crippen LogP contribution in [0, 0.1) is 0 Å². The summed E-state index contributed by atoms with van der Waals surface area (Å²) in [7, 11) is 1.58. The monoisotopic (exact) mass is 468 g/mol. The SMILES string of the molecule is COc1ccc(/C=C2/SC(=S)N(NC(=O)COc3ccc(Cl)cc3Cl)C2=O)cc1. The topological polar surface area (TPSA) is 67.9 Å². The number of hydrogen-bond donors (Lipinski definition) is 1. The number of nitrogens with zero attached hydrogens (tertiary/aromatic N) is 1. The van der Waals surface area contributed by atoms with E-state index in [0.29, 0.717) is 21.4 Å². The Morgan fingerprint density at radius 1 is 1.24 bits per heavy atom. The van der Waals surface area contributed by atoms with Crippen LogP contribution in [-0.2, 0) is 9.59 Å². The fourth-order valence-corrected chi connectivity index (χ4v) is 3.95. The van der Waals surface area contributed by atoms with E-state index in [4.69, 9.17) is 44.9 Å². The van der Waals surface area contributed by atoms with Crippen molar-refractivity contribution in [2.45, 2.75) is 0 Å². The molecule has 1 fully saturated rings. The van der Waals surface area contributed by atoms with E-state index in [-0.39, 0.29) is 16.0 Å². The van der Waals surface area contributed by atoms with E-state index >= 15 is 0 Å². The summed E-state index contributed by atoms with van der Waals surface area (Å²) in [5, 5.41) is 1.75. The smallest absolute Gasteiger partial charge is 0.285 e. The summed E-state index contributed by atoms with van der Waals surface area (Å²) in [4.78, 5) is 25.1. The van der Waals surface area contributed by atoms with Crippen LogP contribution in [0.3, 0.4) is 0 Å². The third kappa shape index (κ3) is 5.42. The summed E-state index contributed by atoms with van der Waals surface area (Å²) in [6.45, 7) is -0.351. The largest absolute Gasteiger partial charge is 0.497 e. The van der Waals surface area contributed by atoms with Gasteiger partial charge in [-0.25, -0.2) is 0 Å². The lowest BCUT2D eigenvalue weighted by Gasteiger charge is -2.16. The molecule has 0 radical (unpaired) electrons. The van der Waals surface area contributed by atoms with Crippen LogP contribution in [0.2, 0.25) is 10.0 Å². The Balaban J connectivity index is 1.61. The fraction of sp³-hybridized carbons (Fsp3) is 0.105. The number of hydrazine groups is 1. The van der Waals surface area contributed by atoms with Gasteiger partial charge in [-0.3, -0.25) is 15.0 Å². The maximum absolute atomic E-state index is 12.6. The van der Waals surface area contributed by atoms with Crippen molar-refractivity contribution < 1.29 is 19.1 Å². The average molecular weight is 469 g/mol. The standard InChI is InChI=1S/C19H14Cl2N2O4S2/c1-26-13-5-2-11(3-6-13)8-16-18(25)23(19(28)29-16)22-17(24)10-27-15-7-4-12(20)9-14(15)21/h2-9H,10H2,1H3,(H,22,24)/b16-8+. The molecule has 2 aromatic rings. The summed E-state index contributed by atoms with van der Waals surface area (Å²) in [6.07, 6.45) is 1.69. The van der Waals surface area contributed by atoms with Crippen molar-refractivity contribution in [1.82, 2.24) is 10.4 Å². The van der Waals surface area contributed by atoms with Gasteiger partial charge in [0.05, 0.1) is 17.0 Å². The molecule has 0 aromatic heterocycles. The summed E-state index contributed by atoms with van der Waals surface area (Å²) >= 11 is 18.1. The van der Waals surface area contributed by atoms with Crippen molar-refractivity contribution in [2.24, 2.45) is 0 Å². The van der Waals surface area contributed by atoms with Gasteiger partial charge < -0.3 is 9.47 Å². The lowest BCUT2D eigenvalue weighted by Crippen LogP contribution is -2.46. The number of halogens is 2. The van der Waals surface area contributed by atoms with Crippen LogP contribution in [-0.4, -0.2) is 34.9 Å². The van der Waals surface area contributed by atoms with Gasteiger partial charge in [0.2, 0.25) is 0 Å². The maximum Gasteiger partial charge on any atom is 0.285 e. The van der Waals surface area contributed by atoms with Gasteiger partial charge in [-0.15, -0.1) is 0 Å². The van der Waals surface area contributed by atoms with Crippen molar-refractivity contribution in [3.05, 3.63) is 63.0 Å². The second kappa shape index (κ2) is 9.49. The van der Waals surface area contributed by atoms with Crippen LogP contribution in [0.4, 0.5) is 0 Å². The zero-order valence-corrected chi connectivity index (χ0v) is 18.1. The van der Waals surface area contributed by atoms with E-state index in [9.17, 15) is 9.59 Å². The summed E-state index contributed by atoms with van der Waals surface area (Å²) in [5.74, 6) is 0.0328. The van der Waals surface area contributed by atoms with E-state index in [1.807, 2.05) is 12.1 Å². The van der Waals surface area contributed by atoms with Gasteiger partial charge in [0.1, 0.15) is 11.5 Å². The van der Waals surface area contributed by atoms with Crippen LogP contribution in [0.15, 0.2) is 47.4 Å². The molecular formula is C19H14Cl2N2O4S2. The third-order valence-electron chi connectivity index (χ3n) is 3.70. The molecule has 150 valence electrons. The highest BCUT2D eigenvalue weighted by Crippen LogP contribution is 2.32. The molecule has 0 bridgehead atoms. The molecule has 6 nitrogen and oxygen atoms in total. The Morgan fingerprint density at radius 3 is 2.62 bits per heavy atom. The van der Waals surface area contributed by atoms with E-state index in [0.717, 1.165) is 22.3 Å². The second-order valence-corrected chi connectivity index (χ2v) is 8.21. The molecule has 0 aliphatic carbocycles. The number of benzene rings is 2. The number of amides is 2. The van der Waals surface area contributed by atoms with Crippen molar-refractivity contribution in [2.75, 3.05) is 13.7 Å². The van der Waals surface area contributed by atoms with Crippen molar-refractivity contribution in [1.29, 1.82) is 0 Å². The predicted octanol–water partition coefficient (Wildman–Crippen LogP) is 4.31. The van der Waals surface area contributed by atoms with Crippen molar-refractivity contribution in [3.8, 4) is 11.5 Å². The van der Waals surface area contributed by atoms with Crippen molar-refractivity contribution in [3.63, 3.8) is 0 Å². The summed E-state index contributed by atoms with van der Waals surface area (Å²) in [6, 6.07) is 11.8. The molecular weight excluding hydrogens is 455 g/mol. The van der Waals surface area contributed by atoms with Gasteiger partial charge in [0.15, 0.2) is 10.9 Å². The van der Waals surface area contributed by atoms with Gasteiger partial charge in [0.25, 0.3) is 11.8 Å². The number of nitrogens with one attached hydrogen (secondary N) is 1. The van der Waals surface area contributed by atoms with Crippen LogP contribution >= 0.6 is 47.2 Å². The van der Waals surface area contributed by atoms with E-state index in [2.05, 4.69) is 5.43 Å². The van der Waals surface area contributed by atoms with Crippen LogP contribution in [0.1, 0.15) is 5.56 Å². The predicted molar refractivity (Wildman–Crippen MR) is 118 cm³/mol. The molecule has 2 amide bonds. The second-order valence-electron chi connectivity index (χ2n) is 5.69. The lowest BCUT2D eigenvalue weighted by molar-refractivity contribution is -0.134. The highest BCUT2D eigenvalue weighted by Gasteiger charge is 2.33. The fourth-order valence-electron chi connectivity index (χ4n) is 2.31. The number of thiocarbonyl (C=S) groups is 1. The third-order valence-corrected chi connectivity index (χ3v) is 5.53. The minimum atomic E-state index is -0.557. The molecule has 29 heavy (non-hydrogen) atoms. The quantitative estimate of drug-likeness (QED) is 0.503. The molecule has 0 spiro atoms. The Labute approximate surface area is 186 Å². The number of thioether (sulfide) groups is 1. The Bertz CT molecular complexity index is 996. The number of ether oxygens (including phenoxy) is 2. The molecule has 1 heterocycles. The summed E-state index contributed by atoms with van der Waals surface area (Å²) < 4.78 is 10.7. The van der Waals surface area contributed by atoms with E-state index < -0.39 is 11.8 Å². The first-order chi connectivity index (χ1) is 13.9. The van der Waals surface area contributed by atoms with Crippen LogP contribution < -0.4 is 14.9 Å². The Kier molecular flexibility index (Phi) is 7.02. The number of carbonyl (C=O) groups is 2. The molecule has 10 heteroatoms. The molecule has 2 aromatic carbocycles. The average Bonchev–Trinajstić information content (AvgIpc) is 2.95. The maximum atomic E-state index is 12.6. The van der Waals surface area contributed by atoms with Crippen LogP contribution in [0.5, 0.6) is 11.5 Å². The van der Waals surface area contributed by atoms with Gasteiger partial charge in [-0.05, 0) is 54.2 Å². The van der Waals surface area contributed by atoms with Gasteiger partial charge >= 0.3 is 0 Å². The van der Waals surface area contributed by atoms with E-state index in [1.54, 1.807) is 37.5 Å². The highest BCUT2D eigenvalue weighted by atomic mass is 35.5. The molecule has 0 atom stereocenters. The zero-order chi connectivity index (χ0) is 21.0. The first kappa shape index (κ1) is 21.4.